The number of ether oxygens (including phenoxy) is 1. The van der Waals surface area contributed by atoms with E-state index in [4.69, 9.17) is 4.42 Å². The summed E-state index contributed by atoms with van der Waals surface area (Å²) < 4.78 is 9.33. The van der Waals surface area contributed by atoms with Gasteiger partial charge in [0.1, 0.15) is 5.76 Å². The van der Waals surface area contributed by atoms with Crippen molar-refractivity contribution >= 4 is 18.3 Å². The summed E-state index contributed by atoms with van der Waals surface area (Å²) in [5.41, 5.74) is 0. The molecule has 4 nitrogen and oxygen atoms in total. The number of carbonyl (C=O) groups excluding carboxylic acids is 2. The van der Waals surface area contributed by atoms with Gasteiger partial charge < -0.3 is 9.15 Å². The molecule has 0 radical (unpaired) electrons. The minimum absolute atomic E-state index is 0.226. The summed E-state index contributed by atoms with van der Waals surface area (Å²) in [5.74, 6) is 0.195. The Bertz CT molecular complexity index is 335. The fourth-order valence-electron chi connectivity index (χ4n) is 0.740. The van der Waals surface area contributed by atoms with Gasteiger partial charge in [-0.1, -0.05) is 0 Å². The van der Waals surface area contributed by atoms with Gasteiger partial charge in [-0.25, -0.2) is 4.79 Å². The van der Waals surface area contributed by atoms with E-state index in [1.165, 1.54) is 25.3 Å². The van der Waals surface area contributed by atoms with E-state index in [1.807, 2.05) is 0 Å². The zero-order valence-electron chi connectivity index (χ0n) is 7.02. The normalized spacial score (nSPS) is 10.2. The second-order valence-corrected chi connectivity index (χ2v) is 2.21. The molecule has 0 aliphatic rings. The number of carbonyl (C=O) groups is 2. The molecule has 0 N–H and O–H groups in total. The summed E-state index contributed by atoms with van der Waals surface area (Å²) in [6.45, 7) is 0. The lowest BCUT2D eigenvalue weighted by atomic mass is 10.4. The Morgan fingerprint density at radius 3 is 2.69 bits per heavy atom. The van der Waals surface area contributed by atoms with Crippen molar-refractivity contribution in [1.29, 1.82) is 0 Å². The van der Waals surface area contributed by atoms with Crippen molar-refractivity contribution in [1.82, 2.24) is 0 Å². The molecule has 0 amide bonds. The van der Waals surface area contributed by atoms with E-state index >= 15 is 0 Å². The van der Waals surface area contributed by atoms with Crippen LogP contribution in [-0.4, -0.2) is 19.4 Å². The summed E-state index contributed by atoms with van der Waals surface area (Å²) in [6, 6.07) is 3.10. The number of rotatable bonds is 3. The first kappa shape index (κ1) is 9.25. The minimum atomic E-state index is -0.468. The van der Waals surface area contributed by atoms with Crippen LogP contribution in [0.2, 0.25) is 0 Å². The number of esters is 1. The SMILES string of the molecule is COC(=O)C=Cc1ccc(C=O)o1. The molecule has 68 valence electrons. The van der Waals surface area contributed by atoms with Crippen molar-refractivity contribution in [2.24, 2.45) is 0 Å². The maximum Gasteiger partial charge on any atom is 0.330 e. The number of hydrogen-bond donors (Lipinski definition) is 0. The Kier molecular flexibility index (Phi) is 3.03. The standard InChI is InChI=1S/C9H8O4/c1-12-9(11)5-4-7-2-3-8(6-10)13-7/h2-6H,1H3. The number of aldehydes is 1. The molecule has 0 aliphatic heterocycles. The summed E-state index contributed by atoms with van der Waals surface area (Å²) in [4.78, 5) is 20.8. The molecule has 0 saturated carbocycles. The van der Waals surface area contributed by atoms with E-state index in [-0.39, 0.29) is 5.76 Å². The third-order valence-corrected chi connectivity index (χ3v) is 1.35. The summed E-state index contributed by atoms with van der Waals surface area (Å²) >= 11 is 0. The molecule has 4 heteroatoms. The molecule has 0 aromatic carbocycles. The average Bonchev–Trinajstić information content (AvgIpc) is 2.61. The smallest absolute Gasteiger partial charge is 0.330 e. The quantitative estimate of drug-likeness (QED) is 0.399. The van der Waals surface area contributed by atoms with Crippen molar-refractivity contribution < 1.29 is 18.7 Å². The zero-order chi connectivity index (χ0) is 9.68. The van der Waals surface area contributed by atoms with Crippen LogP contribution in [0.25, 0.3) is 6.08 Å². The molecular formula is C9H8O4. The van der Waals surface area contributed by atoms with Crippen molar-refractivity contribution in [3.05, 3.63) is 29.7 Å². The predicted molar refractivity (Wildman–Crippen MR) is 45.1 cm³/mol. The van der Waals surface area contributed by atoms with Crippen molar-refractivity contribution in [3.8, 4) is 0 Å². The van der Waals surface area contributed by atoms with Crippen LogP contribution in [0.3, 0.4) is 0 Å². The van der Waals surface area contributed by atoms with Gasteiger partial charge in [0.2, 0.25) is 0 Å². The van der Waals surface area contributed by atoms with Gasteiger partial charge in [-0.15, -0.1) is 0 Å². The summed E-state index contributed by atoms with van der Waals surface area (Å²) in [5, 5.41) is 0. The second kappa shape index (κ2) is 4.25. The average molecular weight is 180 g/mol. The highest BCUT2D eigenvalue weighted by molar-refractivity contribution is 5.86. The van der Waals surface area contributed by atoms with Crippen molar-refractivity contribution in [2.45, 2.75) is 0 Å². The third-order valence-electron chi connectivity index (χ3n) is 1.35. The molecule has 1 heterocycles. The van der Waals surface area contributed by atoms with Crippen molar-refractivity contribution in [2.75, 3.05) is 7.11 Å². The lowest BCUT2D eigenvalue weighted by Crippen LogP contribution is -1.92. The van der Waals surface area contributed by atoms with E-state index < -0.39 is 5.97 Å². The Hall–Kier alpha value is -1.84. The van der Waals surface area contributed by atoms with Crippen LogP contribution in [0.15, 0.2) is 22.6 Å². The number of furan rings is 1. The molecule has 0 unspecified atom stereocenters. The Labute approximate surface area is 74.8 Å². The molecule has 0 saturated heterocycles. The molecule has 13 heavy (non-hydrogen) atoms. The van der Waals surface area contributed by atoms with Crippen LogP contribution < -0.4 is 0 Å². The highest BCUT2D eigenvalue weighted by Gasteiger charge is 1.97. The van der Waals surface area contributed by atoms with Gasteiger partial charge in [0.25, 0.3) is 0 Å². The molecule has 1 aromatic rings. The summed E-state index contributed by atoms with van der Waals surface area (Å²) in [7, 11) is 1.28. The molecule has 1 rings (SSSR count). The second-order valence-electron chi connectivity index (χ2n) is 2.21. The zero-order valence-corrected chi connectivity index (χ0v) is 7.02. The molecule has 0 aliphatic carbocycles. The first-order chi connectivity index (χ1) is 6.26. The van der Waals surface area contributed by atoms with E-state index in [0.29, 0.717) is 12.0 Å². The third kappa shape index (κ3) is 2.59. The van der Waals surface area contributed by atoms with Gasteiger partial charge in [0, 0.05) is 6.08 Å². The van der Waals surface area contributed by atoms with Gasteiger partial charge in [-0.3, -0.25) is 4.79 Å². The first-order valence-corrected chi connectivity index (χ1v) is 3.57. The van der Waals surface area contributed by atoms with E-state index in [9.17, 15) is 9.59 Å². The first-order valence-electron chi connectivity index (χ1n) is 3.57. The van der Waals surface area contributed by atoms with Crippen LogP contribution in [0, 0.1) is 0 Å². The largest absolute Gasteiger partial charge is 0.466 e. The molecular weight excluding hydrogens is 172 g/mol. The van der Waals surface area contributed by atoms with Gasteiger partial charge >= 0.3 is 5.97 Å². The van der Waals surface area contributed by atoms with Gasteiger partial charge in [0.05, 0.1) is 7.11 Å². The van der Waals surface area contributed by atoms with Gasteiger partial charge in [-0.05, 0) is 18.2 Å². The molecule has 0 fully saturated rings. The van der Waals surface area contributed by atoms with Gasteiger partial charge in [0.15, 0.2) is 12.0 Å². The van der Waals surface area contributed by atoms with E-state index in [1.54, 1.807) is 6.07 Å². The lowest BCUT2D eigenvalue weighted by molar-refractivity contribution is -0.134. The van der Waals surface area contributed by atoms with E-state index in [2.05, 4.69) is 4.74 Å². The number of hydrogen-bond acceptors (Lipinski definition) is 4. The highest BCUT2D eigenvalue weighted by Crippen LogP contribution is 2.07. The van der Waals surface area contributed by atoms with Gasteiger partial charge in [-0.2, -0.15) is 0 Å². The van der Waals surface area contributed by atoms with Crippen LogP contribution in [0.1, 0.15) is 16.3 Å². The molecule has 0 spiro atoms. The van der Waals surface area contributed by atoms with Crippen LogP contribution >= 0.6 is 0 Å². The Balaban J connectivity index is 2.68. The highest BCUT2D eigenvalue weighted by atomic mass is 16.5. The van der Waals surface area contributed by atoms with Crippen LogP contribution in [-0.2, 0) is 9.53 Å². The Morgan fingerprint density at radius 2 is 2.15 bits per heavy atom. The predicted octanol–water partition coefficient (Wildman–Crippen LogP) is 1.28. The fourth-order valence-corrected chi connectivity index (χ4v) is 0.740. The topological polar surface area (TPSA) is 56.5 Å². The maximum atomic E-state index is 10.6. The van der Waals surface area contributed by atoms with Crippen LogP contribution in [0.5, 0.6) is 0 Å². The molecule has 0 bridgehead atoms. The maximum absolute atomic E-state index is 10.6. The fraction of sp³-hybridized carbons (Fsp3) is 0.111. The minimum Gasteiger partial charge on any atom is -0.466 e. The van der Waals surface area contributed by atoms with E-state index in [0.717, 1.165) is 0 Å². The summed E-state index contributed by atoms with van der Waals surface area (Å²) in [6.07, 6.45) is 3.24. The van der Waals surface area contributed by atoms with Crippen molar-refractivity contribution in [3.63, 3.8) is 0 Å². The Morgan fingerprint density at radius 1 is 1.46 bits per heavy atom. The van der Waals surface area contributed by atoms with Crippen LogP contribution in [0.4, 0.5) is 0 Å². The molecule has 1 aromatic heterocycles. The monoisotopic (exact) mass is 180 g/mol. The lowest BCUT2D eigenvalue weighted by Gasteiger charge is -1.87. The number of methoxy groups -OCH3 is 1. The molecule has 0 atom stereocenters.